The number of amides is 1. The third-order valence-electron chi connectivity index (χ3n) is 11.0. The molecule has 0 aliphatic rings. The molecule has 0 aromatic carbocycles. The summed E-state index contributed by atoms with van der Waals surface area (Å²) in [6.45, 7) is 6.39. The molecule has 0 heterocycles. The summed E-state index contributed by atoms with van der Waals surface area (Å²) in [5, 5.41) is 23.6. The molecule has 3 N–H and O–H groups in total. The lowest BCUT2D eigenvalue weighted by atomic mass is 10.0. The largest absolute Gasteiger partial charge is 0.461 e. The minimum Gasteiger partial charge on any atom is -0.461 e. The van der Waals surface area contributed by atoms with Gasteiger partial charge in [-0.2, -0.15) is 0 Å². The lowest BCUT2D eigenvalue weighted by Gasteiger charge is -2.24. The minimum atomic E-state index is -0.816. The van der Waals surface area contributed by atoms with Crippen LogP contribution in [-0.4, -0.2) is 46.9 Å². The van der Waals surface area contributed by atoms with E-state index in [0.29, 0.717) is 19.3 Å². The van der Waals surface area contributed by atoms with E-state index < -0.39 is 18.2 Å². The molecule has 0 aromatic heterocycles. The molecule has 0 saturated carbocycles. The molecule has 60 heavy (non-hydrogen) atoms. The van der Waals surface area contributed by atoms with Crippen molar-refractivity contribution < 1.29 is 24.5 Å². The first-order valence-corrected chi connectivity index (χ1v) is 25.2. The van der Waals surface area contributed by atoms with Crippen molar-refractivity contribution in [3.05, 3.63) is 72.9 Å². The van der Waals surface area contributed by atoms with Gasteiger partial charge in [0.1, 0.15) is 6.10 Å². The van der Waals surface area contributed by atoms with Gasteiger partial charge in [0.15, 0.2) is 0 Å². The summed E-state index contributed by atoms with van der Waals surface area (Å²) in [5.41, 5.74) is 0. The van der Waals surface area contributed by atoms with Crippen molar-refractivity contribution in [3.8, 4) is 0 Å². The number of aliphatic hydroxyl groups is 2. The second kappa shape index (κ2) is 47.4. The highest BCUT2D eigenvalue weighted by atomic mass is 16.5. The van der Waals surface area contributed by atoms with Gasteiger partial charge in [-0.3, -0.25) is 9.59 Å². The van der Waals surface area contributed by atoms with Gasteiger partial charge < -0.3 is 20.3 Å². The Bertz CT molecular complexity index is 1120. The summed E-state index contributed by atoms with van der Waals surface area (Å²) in [6, 6.07) is -0.737. The van der Waals surface area contributed by atoms with Crippen molar-refractivity contribution in [2.24, 2.45) is 0 Å². The molecule has 0 rings (SSSR count). The number of unbranched alkanes of at least 4 members (excludes halogenated alkanes) is 22. The van der Waals surface area contributed by atoms with Crippen LogP contribution in [0.25, 0.3) is 0 Å². The highest BCUT2D eigenvalue weighted by Crippen LogP contribution is 2.15. The first-order valence-electron chi connectivity index (χ1n) is 25.2. The molecule has 0 aliphatic heterocycles. The molecule has 0 aromatic rings. The Hall–Kier alpha value is -2.70. The highest BCUT2D eigenvalue weighted by molar-refractivity contribution is 5.77. The van der Waals surface area contributed by atoms with Crippen LogP contribution < -0.4 is 5.32 Å². The first kappa shape index (κ1) is 57.3. The smallest absolute Gasteiger partial charge is 0.306 e. The van der Waals surface area contributed by atoms with Gasteiger partial charge in [-0.25, -0.2) is 0 Å². The van der Waals surface area contributed by atoms with Crippen LogP contribution in [0.15, 0.2) is 72.9 Å². The molecular formula is C54H95NO5. The lowest BCUT2D eigenvalue weighted by Crippen LogP contribution is -2.46. The van der Waals surface area contributed by atoms with E-state index in [1.165, 1.54) is 116 Å². The van der Waals surface area contributed by atoms with Crippen LogP contribution >= 0.6 is 0 Å². The molecule has 0 radical (unpaired) electrons. The predicted molar refractivity (Wildman–Crippen MR) is 259 cm³/mol. The Balaban J connectivity index is 4.78. The molecule has 0 aliphatic carbocycles. The fourth-order valence-electron chi connectivity index (χ4n) is 7.16. The zero-order valence-corrected chi connectivity index (χ0v) is 39.3. The SMILES string of the molecule is CCCCC/C=C\C/C=C\C/C=C\C/C=C\CC(CC(=O)NC(CO)C(O)CCCCCCCCCCCC)OC(=O)CCCCC/C=C/C=C/CCCCCCCCC. The van der Waals surface area contributed by atoms with Gasteiger partial charge >= 0.3 is 5.97 Å². The van der Waals surface area contributed by atoms with Gasteiger partial charge in [0, 0.05) is 12.8 Å². The van der Waals surface area contributed by atoms with Crippen LogP contribution in [0.2, 0.25) is 0 Å². The number of hydrogen-bond acceptors (Lipinski definition) is 5. The van der Waals surface area contributed by atoms with Gasteiger partial charge in [0.25, 0.3) is 0 Å². The van der Waals surface area contributed by atoms with E-state index in [0.717, 1.165) is 70.6 Å². The van der Waals surface area contributed by atoms with Crippen molar-refractivity contribution in [2.45, 2.75) is 251 Å². The highest BCUT2D eigenvalue weighted by Gasteiger charge is 2.23. The summed E-state index contributed by atoms with van der Waals surface area (Å²) in [6.07, 6.45) is 59.8. The van der Waals surface area contributed by atoms with Crippen molar-refractivity contribution in [2.75, 3.05) is 6.61 Å². The number of esters is 1. The number of carbonyl (C=O) groups is 2. The second-order valence-electron chi connectivity index (χ2n) is 16.9. The van der Waals surface area contributed by atoms with Gasteiger partial charge in [0.05, 0.1) is 25.2 Å². The Labute approximate surface area is 371 Å². The fraction of sp³-hybridized carbons (Fsp3) is 0.741. The maximum absolute atomic E-state index is 13.1. The zero-order valence-electron chi connectivity index (χ0n) is 39.3. The maximum atomic E-state index is 13.1. The summed E-state index contributed by atoms with van der Waals surface area (Å²) < 4.78 is 5.85. The number of rotatable bonds is 44. The Morgan fingerprint density at radius 2 is 0.933 bits per heavy atom. The van der Waals surface area contributed by atoms with Crippen molar-refractivity contribution in [1.29, 1.82) is 0 Å². The summed E-state index contributed by atoms with van der Waals surface area (Å²) in [4.78, 5) is 26.0. The van der Waals surface area contributed by atoms with E-state index in [9.17, 15) is 19.8 Å². The van der Waals surface area contributed by atoms with Crippen LogP contribution in [0.1, 0.15) is 233 Å². The third kappa shape index (κ3) is 42.0. The topological polar surface area (TPSA) is 95.9 Å². The minimum absolute atomic E-state index is 0.0114. The summed E-state index contributed by atoms with van der Waals surface area (Å²) in [7, 11) is 0. The van der Waals surface area contributed by atoms with Gasteiger partial charge in [-0.1, -0.05) is 216 Å². The summed E-state index contributed by atoms with van der Waals surface area (Å²) in [5.74, 6) is -0.611. The number of aliphatic hydroxyl groups excluding tert-OH is 2. The van der Waals surface area contributed by atoms with Gasteiger partial charge in [-0.15, -0.1) is 0 Å². The molecule has 6 nitrogen and oxygen atoms in total. The summed E-state index contributed by atoms with van der Waals surface area (Å²) >= 11 is 0. The molecule has 6 heteroatoms. The molecule has 3 atom stereocenters. The molecule has 346 valence electrons. The number of allylic oxidation sites excluding steroid dienone is 11. The van der Waals surface area contributed by atoms with E-state index >= 15 is 0 Å². The van der Waals surface area contributed by atoms with Crippen molar-refractivity contribution >= 4 is 11.9 Å². The molecule has 0 spiro atoms. The molecule has 1 amide bonds. The molecule has 0 saturated heterocycles. The van der Waals surface area contributed by atoms with Crippen molar-refractivity contribution in [1.82, 2.24) is 5.32 Å². The molecule has 0 fully saturated rings. The normalized spacial score (nSPS) is 13.9. The Kier molecular flexibility index (Phi) is 45.2. The molecule has 0 bridgehead atoms. The van der Waals surface area contributed by atoms with E-state index in [-0.39, 0.29) is 24.9 Å². The Morgan fingerprint density at radius 1 is 0.517 bits per heavy atom. The lowest BCUT2D eigenvalue weighted by molar-refractivity contribution is -0.150. The standard InChI is InChI=1S/C54H95NO5/c1-4-7-10-13-16-19-22-24-26-28-30-32-35-38-41-44-47-54(59)60-50(45-42-39-36-33-31-29-27-25-23-20-17-14-11-8-5-2)48-53(58)55-51(49-56)52(57)46-43-40-37-34-21-18-15-12-9-6-3/h17,20,25-28,30-33,39,42,50-52,56-57H,4-16,18-19,21-24,29,34-38,40-41,43-49H2,1-3H3,(H,55,58)/b20-17-,27-25-,28-26+,32-30+,33-31-,42-39-. The third-order valence-corrected chi connectivity index (χ3v) is 11.0. The Morgan fingerprint density at radius 3 is 1.47 bits per heavy atom. The monoisotopic (exact) mass is 838 g/mol. The average molecular weight is 838 g/mol. The van der Waals surface area contributed by atoms with E-state index in [2.05, 4.69) is 86.8 Å². The van der Waals surface area contributed by atoms with Crippen LogP contribution in [0.4, 0.5) is 0 Å². The van der Waals surface area contributed by atoms with Crippen LogP contribution in [0.5, 0.6) is 0 Å². The maximum Gasteiger partial charge on any atom is 0.306 e. The first-order chi connectivity index (χ1) is 29.5. The van der Waals surface area contributed by atoms with Crippen LogP contribution in [-0.2, 0) is 14.3 Å². The number of ether oxygens (including phenoxy) is 1. The quantitative estimate of drug-likeness (QED) is 0.0246. The molecular weight excluding hydrogens is 743 g/mol. The zero-order chi connectivity index (χ0) is 43.8. The average Bonchev–Trinajstić information content (AvgIpc) is 3.24. The fourth-order valence-corrected chi connectivity index (χ4v) is 7.16. The number of nitrogens with one attached hydrogen (secondary N) is 1. The van der Waals surface area contributed by atoms with E-state index in [1.807, 2.05) is 12.2 Å². The second-order valence-corrected chi connectivity index (χ2v) is 16.9. The van der Waals surface area contributed by atoms with E-state index in [1.54, 1.807) is 0 Å². The molecule has 3 unspecified atom stereocenters. The number of hydrogen-bond donors (Lipinski definition) is 3. The van der Waals surface area contributed by atoms with Crippen LogP contribution in [0, 0.1) is 0 Å². The van der Waals surface area contributed by atoms with Gasteiger partial charge in [-0.05, 0) is 70.6 Å². The van der Waals surface area contributed by atoms with E-state index in [4.69, 9.17) is 4.74 Å². The van der Waals surface area contributed by atoms with Crippen molar-refractivity contribution in [3.63, 3.8) is 0 Å². The predicted octanol–water partition coefficient (Wildman–Crippen LogP) is 15.0. The number of carbonyl (C=O) groups excluding carboxylic acids is 2. The van der Waals surface area contributed by atoms with Gasteiger partial charge in [0.2, 0.25) is 5.91 Å². The van der Waals surface area contributed by atoms with Crippen LogP contribution in [0.3, 0.4) is 0 Å².